The van der Waals surface area contributed by atoms with E-state index in [9.17, 15) is 0 Å². The average Bonchev–Trinajstić information content (AvgIpc) is 3.59. The Labute approximate surface area is 348 Å². The van der Waals surface area contributed by atoms with Gasteiger partial charge in [-0.15, -0.1) is 0 Å². The van der Waals surface area contributed by atoms with E-state index in [1.807, 2.05) is 0 Å². The molecular weight excluding hydrogens is 808 g/mol. The zero-order valence-corrected chi connectivity index (χ0v) is 35.2. The number of fused-ring (bicyclic) bond motifs is 6. The van der Waals surface area contributed by atoms with Crippen molar-refractivity contribution in [2.24, 2.45) is 0 Å². The van der Waals surface area contributed by atoms with Crippen molar-refractivity contribution < 1.29 is 0 Å². The first-order chi connectivity index (χ1) is 27.1. The van der Waals surface area contributed by atoms with E-state index in [4.69, 9.17) is 0 Å². The van der Waals surface area contributed by atoms with Gasteiger partial charge in [-0.1, -0.05) is 205 Å². The Balaban J connectivity index is 0.000000146. The topological polar surface area (TPSA) is 0 Å². The van der Waals surface area contributed by atoms with Gasteiger partial charge in [0.1, 0.15) is 0 Å². The lowest BCUT2D eigenvalue weighted by Gasteiger charge is -2.22. The second-order valence-electron chi connectivity index (χ2n) is 16.0. The van der Waals surface area contributed by atoms with Gasteiger partial charge in [-0.05, 0) is 125 Å². The fraction of sp³-hybridized carbons (Fsp3) is 0.111. The van der Waals surface area contributed by atoms with Gasteiger partial charge < -0.3 is 0 Å². The molecule has 8 aromatic carbocycles. The number of halogens is 2. The number of rotatable bonds is 4. The van der Waals surface area contributed by atoms with Gasteiger partial charge >= 0.3 is 0 Å². The van der Waals surface area contributed by atoms with Crippen LogP contribution >= 0.6 is 31.9 Å². The van der Waals surface area contributed by atoms with E-state index in [-0.39, 0.29) is 10.8 Å². The molecule has 0 spiro atoms. The van der Waals surface area contributed by atoms with Gasteiger partial charge in [0.2, 0.25) is 0 Å². The Kier molecular flexibility index (Phi) is 9.31. The van der Waals surface area contributed by atoms with Crippen LogP contribution in [-0.4, -0.2) is 0 Å². The number of benzene rings is 8. The molecule has 0 aliphatic heterocycles. The van der Waals surface area contributed by atoms with Crippen LogP contribution in [0.4, 0.5) is 0 Å². The minimum absolute atomic E-state index is 0.00779. The summed E-state index contributed by atoms with van der Waals surface area (Å²) >= 11 is 7.30. The molecule has 0 atom stereocenters. The first-order valence-corrected chi connectivity index (χ1v) is 20.9. The highest BCUT2D eigenvalue weighted by atomic mass is 79.9. The molecule has 0 N–H and O–H groups in total. The van der Waals surface area contributed by atoms with Gasteiger partial charge in [-0.2, -0.15) is 0 Å². The lowest BCUT2D eigenvalue weighted by molar-refractivity contribution is 0.660. The summed E-state index contributed by atoms with van der Waals surface area (Å²) in [5, 5.41) is 0. The van der Waals surface area contributed by atoms with Gasteiger partial charge in [-0.25, -0.2) is 0 Å². The molecule has 0 heterocycles. The maximum absolute atomic E-state index is 3.65. The van der Waals surface area contributed by atoms with Crippen LogP contribution < -0.4 is 0 Å². The van der Waals surface area contributed by atoms with Gasteiger partial charge in [-0.3, -0.25) is 0 Å². The molecule has 0 amide bonds. The first kappa shape index (κ1) is 36.4. The summed E-state index contributed by atoms with van der Waals surface area (Å²) < 4.78 is 2.28. The average molecular weight is 851 g/mol. The fourth-order valence-electron chi connectivity index (χ4n) is 8.96. The molecule has 8 aromatic rings. The number of hydrogen-bond acceptors (Lipinski definition) is 0. The predicted molar refractivity (Wildman–Crippen MR) is 245 cm³/mol. The van der Waals surface area contributed by atoms with Gasteiger partial charge in [0, 0.05) is 19.8 Å². The largest absolute Gasteiger partial charge is 0.0622 e. The molecule has 0 nitrogen and oxygen atoms in total. The minimum Gasteiger partial charge on any atom is -0.0622 e. The third kappa shape index (κ3) is 6.30. The SMILES string of the molecule is CC1(C)c2cc(Br)ccc2-c2ccc(-c3ccccc3-c3ccccc3)cc21.CC1(C)c2cc(Br)ccc2-c2ccc(-c3ccccc3-c3ccccc3)cc21. The highest BCUT2D eigenvalue weighted by Crippen LogP contribution is 2.52. The van der Waals surface area contributed by atoms with Crippen LogP contribution in [0.5, 0.6) is 0 Å². The molecule has 0 bridgehead atoms. The second kappa shape index (κ2) is 14.3. The molecule has 2 aliphatic carbocycles. The maximum Gasteiger partial charge on any atom is 0.0178 e. The summed E-state index contributed by atoms with van der Waals surface area (Å²) in [5.74, 6) is 0. The van der Waals surface area contributed by atoms with Crippen LogP contribution in [0.15, 0.2) is 191 Å². The zero-order chi connectivity index (χ0) is 38.6. The van der Waals surface area contributed by atoms with Crippen molar-refractivity contribution in [3.63, 3.8) is 0 Å². The Hall–Kier alpha value is -5.28. The summed E-state index contributed by atoms with van der Waals surface area (Å²) in [5.41, 5.74) is 21.2. The van der Waals surface area contributed by atoms with Crippen molar-refractivity contribution in [2.75, 3.05) is 0 Å². The number of hydrogen-bond donors (Lipinski definition) is 0. The van der Waals surface area contributed by atoms with E-state index in [2.05, 4.69) is 242 Å². The third-order valence-corrected chi connectivity index (χ3v) is 12.9. The van der Waals surface area contributed by atoms with Gasteiger partial charge in [0.25, 0.3) is 0 Å². The van der Waals surface area contributed by atoms with E-state index in [1.54, 1.807) is 0 Å². The molecule has 2 heteroatoms. The Morgan fingerprint density at radius 1 is 0.268 bits per heavy atom. The smallest absolute Gasteiger partial charge is 0.0178 e. The minimum atomic E-state index is -0.00779. The zero-order valence-electron chi connectivity index (χ0n) is 32.1. The summed E-state index contributed by atoms with van der Waals surface area (Å²) in [6.07, 6.45) is 0. The van der Waals surface area contributed by atoms with Gasteiger partial charge in [0.15, 0.2) is 0 Å². The second-order valence-corrected chi connectivity index (χ2v) is 17.8. The van der Waals surface area contributed by atoms with Crippen molar-refractivity contribution in [1.82, 2.24) is 0 Å². The van der Waals surface area contributed by atoms with Gasteiger partial charge in [0.05, 0.1) is 0 Å². The fourth-order valence-corrected chi connectivity index (χ4v) is 9.69. The molecule has 0 fully saturated rings. The quantitative estimate of drug-likeness (QED) is 0.165. The van der Waals surface area contributed by atoms with Crippen molar-refractivity contribution in [3.05, 3.63) is 213 Å². The van der Waals surface area contributed by atoms with Crippen LogP contribution in [0.2, 0.25) is 0 Å². The van der Waals surface area contributed by atoms with E-state index in [0.717, 1.165) is 8.95 Å². The van der Waals surface area contributed by atoms with Crippen LogP contribution in [0.3, 0.4) is 0 Å². The van der Waals surface area contributed by atoms with Crippen LogP contribution in [0.25, 0.3) is 66.8 Å². The molecule has 0 radical (unpaired) electrons. The van der Waals surface area contributed by atoms with Crippen LogP contribution in [0.1, 0.15) is 49.9 Å². The van der Waals surface area contributed by atoms with Crippen molar-refractivity contribution >= 4 is 31.9 Å². The van der Waals surface area contributed by atoms with E-state index in [1.165, 1.54) is 89.0 Å². The molecule has 0 saturated heterocycles. The van der Waals surface area contributed by atoms with E-state index in [0.29, 0.717) is 0 Å². The summed E-state index contributed by atoms with van der Waals surface area (Å²) in [4.78, 5) is 0. The van der Waals surface area contributed by atoms with Crippen LogP contribution in [0, 0.1) is 0 Å². The third-order valence-electron chi connectivity index (χ3n) is 11.9. The summed E-state index contributed by atoms with van der Waals surface area (Å²) in [6.45, 7) is 9.32. The summed E-state index contributed by atoms with van der Waals surface area (Å²) in [7, 11) is 0. The van der Waals surface area contributed by atoms with Crippen molar-refractivity contribution in [2.45, 2.75) is 38.5 Å². The molecular formula is C54H42Br2. The lowest BCUT2D eigenvalue weighted by Crippen LogP contribution is -2.15. The molecule has 0 aromatic heterocycles. The molecule has 56 heavy (non-hydrogen) atoms. The Morgan fingerprint density at radius 3 is 0.911 bits per heavy atom. The molecule has 10 rings (SSSR count). The van der Waals surface area contributed by atoms with Crippen molar-refractivity contribution in [3.8, 4) is 66.8 Å². The Morgan fingerprint density at radius 2 is 0.554 bits per heavy atom. The molecule has 2 aliphatic rings. The van der Waals surface area contributed by atoms with Crippen LogP contribution in [-0.2, 0) is 10.8 Å². The highest BCUT2D eigenvalue weighted by molar-refractivity contribution is 9.10. The molecule has 272 valence electrons. The lowest BCUT2D eigenvalue weighted by atomic mass is 9.81. The molecule has 0 unspecified atom stereocenters. The summed E-state index contributed by atoms with van der Waals surface area (Å²) in [6, 6.07) is 65.9. The Bertz CT molecular complexity index is 2560. The molecule has 0 saturated carbocycles. The maximum atomic E-state index is 3.65. The highest BCUT2D eigenvalue weighted by Gasteiger charge is 2.37. The normalized spacial score (nSPS) is 13.8. The standard InChI is InChI=1S/2C27H21Br/c2*1-27(2)25-16-19(12-14-23(25)24-15-13-20(28)17-26(24)27)22-11-7-6-10-21(22)18-8-4-3-5-9-18/h2*3-17H,1-2H3. The first-order valence-electron chi connectivity index (χ1n) is 19.3. The van der Waals surface area contributed by atoms with Crippen molar-refractivity contribution in [1.29, 1.82) is 0 Å². The predicted octanol–water partition coefficient (Wildman–Crippen LogP) is 16.2. The van der Waals surface area contributed by atoms with E-state index < -0.39 is 0 Å². The van der Waals surface area contributed by atoms with E-state index >= 15 is 0 Å². The monoisotopic (exact) mass is 848 g/mol.